The van der Waals surface area contributed by atoms with Gasteiger partial charge in [0.1, 0.15) is 17.5 Å². The van der Waals surface area contributed by atoms with E-state index in [0.717, 1.165) is 46.6 Å². The molecule has 0 aliphatic carbocycles. The topological polar surface area (TPSA) is 143 Å². The van der Waals surface area contributed by atoms with Gasteiger partial charge in [0.15, 0.2) is 11.0 Å². The van der Waals surface area contributed by atoms with Crippen LogP contribution in [-0.4, -0.2) is 105 Å². The van der Waals surface area contributed by atoms with Gasteiger partial charge in [-0.15, -0.1) is 5.10 Å². The molecule has 1 unspecified atom stereocenters. The summed E-state index contributed by atoms with van der Waals surface area (Å²) in [7, 11) is 0. The molecule has 5 heterocycles. The predicted octanol–water partition coefficient (Wildman–Crippen LogP) is 5.73. The number of carbonyl (C=O) groups is 1. The maximum Gasteiger partial charge on any atom is 0.416 e. The number of nitrogens with one attached hydrogen (secondary N) is 1. The average Bonchev–Trinajstić information content (AvgIpc) is 3.78. The molecular weight excluding hydrogens is 763 g/mol. The summed E-state index contributed by atoms with van der Waals surface area (Å²) in [6.45, 7) is 11.1. The summed E-state index contributed by atoms with van der Waals surface area (Å²) in [5, 5.41) is 19.5. The van der Waals surface area contributed by atoms with Crippen molar-refractivity contribution in [2.24, 2.45) is 0 Å². The Morgan fingerprint density at radius 1 is 1.04 bits per heavy atom. The van der Waals surface area contributed by atoms with Gasteiger partial charge in [0.2, 0.25) is 5.78 Å². The van der Waals surface area contributed by atoms with E-state index in [-0.39, 0.29) is 28.9 Å². The molecule has 2 saturated heterocycles. The fourth-order valence-electron chi connectivity index (χ4n) is 6.66. The number of benzene rings is 2. The van der Waals surface area contributed by atoms with Gasteiger partial charge in [-0.05, 0) is 63.6 Å². The summed E-state index contributed by atoms with van der Waals surface area (Å²) >= 11 is 7.75. The Labute approximate surface area is 323 Å². The van der Waals surface area contributed by atoms with Crippen molar-refractivity contribution in [2.45, 2.75) is 58.7 Å². The number of nitrogens with zero attached hydrogens (tertiary/aromatic N) is 8. The number of fused-ring (bicyclic) bond motifs is 2. The number of thiazole rings is 1. The Morgan fingerprint density at radius 3 is 2.42 bits per heavy atom. The smallest absolute Gasteiger partial charge is 0.416 e. The molecule has 2 N–H and O–H groups in total. The number of amides is 1. The molecule has 7 rings (SSSR count). The number of rotatable bonds is 8. The number of halogens is 4. The lowest BCUT2D eigenvalue weighted by Crippen LogP contribution is -2.51. The summed E-state index contributed by atoms with van der Waals surface area (Å²) < 4.78 is 54.8. The number of hydrogen-bond donors (Lipinski definition) is 2. The van der Waals surface area contributed by atoms with Crippen LogP contribution in [0.25, 0.3) is 27.4 Å². The first-order valence-electron chi connectivity index (χ1n) is 17.9. The molecule has 3 aromatic heterocycles. The van der Waals surface area contributed by atoms with Crippen molar-refractivity contribution in [3.8, 4) is 11.4 Å². The van der Waals surface area contributed by atoms with E-state index in [4.69, 9.17) is 31.0 Å². The van der Waals surface area contributed by atoms with Crippen molar-refractivity contribution < 1.29 is 32.5 Å². The molecule has 2 fully saturated rings. The molecule has 1 atom stereocenters. The van der Waals surface area contributed by atoms with Crippen molar-refractivity contribution in [2.75, 3.05) is 67.6 Å². The Balaban J connectivity index is 1.26. The largest absolute Gasteiger partial charge is 0.444 e. The van der Waals surface area contributed by atoms with E-state index in [1.807, 2.05) is 30.0 Å². The number of piperazine rings is 1. The lowest BCUT2D eigenvalue weighted by Gasteiger charge is -2.37. The summed E-state index contributed by atoms with van der Waals surface area (Å²) in [4.78, 5) is 42.5. The third-order valence-electron chi connectivity index (χ3n) is 9.30. The van der Waals surface area contributed by atoms with E-state index in [2.05, 4.69) is 15.3 Å². The van der Waals surface area contributed by atoms with E-state index in [9.17, 15) is 27.9 Å². The molecule has 0 saturated carbocycles. The molecule has 0 radical (unpaired) electrons. The van der Waals surface area contributed by atoms with Crippen LogP contribution in [0.2, 0.25) is 5.02 Å². The predicted molar refractivity (Wildman–Crippen MR) is 204 cm³/mol. The van der Waals surface area contributed by atoms with Crippen LogP contribution >= 0.6 is 22.9 Å². The van der Waals surface area contributed by atoms with Crippen LogP contribution in [-0.2, 0) is 28.6 Å². The summed E-state index contributed by atoms with van der Waals surface area (Å²) in [5.74, 6) is 0.432. The second-order valence-corrected chi connectivity index (χ2v) is 15.7. The van der Waals surface area contributed by atoms with Gasteiger partial charge in [-0.25, -0.2) is 9.78 Å². The minimum Gasteiger partial charge on any atom is -0.444 e. The van der Waals surface area contributed by atoms with Gasteiger partial charge < -0.3 is 39.2 Å². The van der Waals surface area contributed by atoms with Gasteiger partial charge in [-0.3, -0.25) is 4.79 Å². The Kier molecular flexibility index (Phi) is 10.6. The van der Waals surface area contributed by atoms with Crippen LogP contribution in [0, 0.1) is 0 Å². The average molecular weight is 804 g/mol. The number of alkyl halides is 3. The third-order valence-corrected chi connectivity index (χ3v) is 10.7. The van der Waals surface area contributed by atoms with Crippen LogP contribution in [0.3, 0.4) is 0 Å². The maximum absolute atomic E-state index is 14.4. The fourth-order valence-corrected chi connectivity index (χ4v) is 7.96. The van der Waals surface area contributed by atoms with Crippen molar-refractivity contribution in [3.63, 3.8) is 0 Å². The highest BCUT2D eigenvalue weighted by atomic mass is 35.5. The van der Waals surface area contributed by atoms with Gasteiger partial charge in [-0.2, -0.15) is 22.7 Å². The molecule has 294 valence electrons. The molecule has 0 spiro atoms. The van der Waals surface area contributed by atoms with E-state index in [1.54, 1.807) is 41.6 Å². The fraction of sp³-hybridized carbons (Fsp3) is 0.472. The van der Waals surface area contributed by atoms with Crippen LogP contribution in [0.1, 0.15) is 39.0 Å². The zero-order valence-electron chi connectivity index (χ0n) is 30.7. The second kappa shape index (κ2) is 15.1. The molecule has 0 bridgehead atoms. The monoisotopic (exact) mass is 803 g/mol. The third kappa shape index (κ3) is 8.17. The molecule has 2 aliphatic rings. The molecule has 5 aromatic rings. The molecule has 19 heteroatoms. The lowest BCUT2D eigenvalue weighted by atomic mass is 10.2. The molecule has 2 aliphatic heterocycles. The minimum absolute atomic E-state index is 0.0900. The molecule has 55 heavy (non-hydrogen) atoms. The first-order valence-corrected chi connectivity index (χ1v) is 19.1. The number of aliphatic hydroxyl groups excluding tert-OH is 1. The second-order valence-electron chi connectivity index (χ2n) is 14.3. The highest BCUT2D eigenvalue weighted by molar-refractivity contribution is 7.22. The lowest BCUT2D eigenvalue weighted by molar-refractivity contribution is -0.137. The Morgan fingerprint density at radius 2 is 1.76 bits per heavy atom. The van der Waals surface area contributed by atoms with E-state index in [0.29, 0.717) is 62.8 Å². The Hall–Kier alpha value is -4.65. The van der Waals surface area contributed by atoms with Crippen LogP contribution in [0.4, 0.5) is 34.5 Å². The van der Waals surface area contributed by atoms with Crippen molar-refractivity contribution >= 4 is 61.5 Å². The molecule has 1 amide bonds. The highest BCUT2D eigenvalue weighted by Crippen LogP contribution is 2.35. The zero-order chi connectivity index (χ0) is 39.2. The highest BCUT2D eigenvalue weighted by Gasteiger charge is 2.32. The van der Waals surface area contributed by atoms with E-state index >= 15 is 0 Å². The normalized spacial score (nSPS) is 16.3. The number of anilines is 3. The SMILES string of the molecule is CCc1c(N2CCN(C(=O)OC(C)(C)C)CC2)c(=O)n2nc(-c3ccc4nc(N5CCOCC5)sc4c3)nc2n1CC(O)Nc1ccc(C(F)(F)F)cc1Cl. The van der Waals surface area contributed by atoms with Crippen molar-refractivity contribution in [1.29, 1.82) is 0 Å². The van der Waals surface area contributed by atoms with E-state index < -0.39 is 35.2 Å². The first-order chi connectivity index (χ1) is 26.1. The number of aromatic nitrogens is 5. The maximum atomic E-state index is 14.4. The molecular formula is C36H41ClF3N9O5S. The summed E-state index contributed by atoms with van der Waals surface area (Å²) in [6.07, 6.45) is -6.06. The van der Waals surface area contributed by atoms with Crippen LogP contribution in [0.15, 0.2) is 41.2 Å². The van der Waals surface area contributed by atoms with Crippen molar-refractivity contribution in [1.82, 2.24) is 29.0 Å². The van der Waals surface area contributed by atoms with Gasteiger partial charge in [0.25, 0.3) is 5.56 Å². The Bertz CT molecular complexity index is 2280. The van der Waals surface area contributed by atoms with Gasteiger partial charge in [-0.1, -0.05) is 29.9 Å². The van der Waals surface area contributed by atoms with E-state index in [1.165, 1.54) is 4.52 Å². The number of morpholine rings is 1. The molecule has 2 aromatic carbocycles. The number of carbonyl (C=O) groups excluding carboxylic acids is 1. The van der Waals surface area contributed by atoms with Crippen molar-refractivity contribution in [3.05, 3.63) is 63.0 Å². The van der Waals surface area contributed by atoms with Gasteiger partial charge in [0, 0.05) is 50.5 Å². The standard InChI is InChI=1S/C36H41ClF3N9O5S/c1-5-26-29(45-10-12-47(13-11-45)34(52)54-35(2,3)4)31(51)49-32(48(26)20-28(50)41-24-9-7-22(19-23(24)37)36(38,39)40)43-30(44-49)21-6-8-25-27(18-21)55-33(42-25)46-14-16-53-17-15-46/h6-9,18-19,28,41,50H,5,10-17,20H2,1-4H3. The number of hydrogen-bond acceptors (Lipinski definition) is 12. The van der Waals surface area contributed by atoms with Crippen LogP contribution < -0.4 is 20.7 Å². The first kappa shape index (κ1) is 38.6. The number of aliphatic hydroxyl groups is 1. The summed E-state index contributed by atoms with van der Waals surface area (Å²) in [5.41, 5.74) is 0.437. The van der Waals surface area contributed by atoms with Crippen LogP contribution in [0.5, 0.6) is 0 Å². The minimum atomic E-state index is -4.59. The van der Waals surface area contributed by atoms with Gasteiger partial charge >= 0.3 is 12.3 Å². The molecule has 14 nitrogen and oxygen atoms in total. The summed E-state index contributed by atoms with van der Waals surface area (Å²) in [6, 6.07) is 8.48. The quantitative estimate of drug-likeness (QED) is 0.186. The zero-order valence-corrected chi connectivity index (χ0v) is 32.3. The van der Waals surface area contributed by atoms with Gasteiger partial charge in [0.05, 0.1) is 46.2 Å². The number of ether oxygens (including phenoxy) is 2.